The molecule has 2 aromatic rings. The molecular weight excluding hydrogens is 246 g/mol. The van der Waals surface area contributed by atoms with Crippen molar-refractivity contribution in [1.29, 1.82) is 0 Å². The Morgan fingerprint density at radius 1 is 1.39 bits per heavy atom. The van der Waals surface area contributed by atoms with E-state index in [1.807, 2.05) is 11.6 Å². The summed E-state index contributed by atoms with van der Waals surface area (Å²) in [6.07, 6.45) is 1.62. The molecule has 0 aliphatic heterocycles. The van der Waals surface area contributed by atoms with Crippen molar-refractivity contribution in [3.05, 3.63) is 28.2 Å². The van der Waals surface area contributed by atoms with Gasteiger partial charge in [-0.25, -0.2) is 14.6 Å². The minimum atomic E-state index is 0.576. The number of hydrogen-bond acceptors (Lipinski definition) is 5. The van der Waals surface area contributed by atoms with Gasteiger partial charge in [-0.15, -0.1) is 11.3 Å². The van der Waals surface area contributed by atoms with Crippen molar-refractivity contribution in [3.8, 4) is 0 Å². The highest BCUT2D eigenvalue weighted by Crippen LogP contribution is 2.07. The fraction of sp³-hybridized carbons (Fsp3) is 0.583. The summed E-state index contributed by atoms with van der Waals surface area (Å²) in [6.45, 7) is 8.79. The van der Waals surface area contributed by atoms with Gasteiger partial charge in [0.05, 0.1) is 17.2 Å². The lowest BCUT2D eigenvalue weighted by atomic mass is 10.2. The summed E-state index contributed by atoms with van der Waals surface area (Å²) >= 11 is 1.68. The van der Waals surface area contributed by atoms with E-state index in [0.29, 0.717) is 5.92 Å². The Bertz CT molecular complexity index is 488. The van der Waals surface area contributed by atoms with E-state index in [1.165, 1.54) is 0 Å². The van der Waals surface area contributed by atoms with E-state index in [-0.39, 0.29) is 0 Å². The highest BCUT2D eigenvalue weighted by atomic mass is 32.1. The molecule has 0 aliphatic rings. The van der Waals surface area contributed by atoms with E-state index < -0.39 is 0 Å². The predicted molar refractivity (Wildman–Crippen MR) is 72.3 cm³/mol. The predicted octanol–water partition coefficient (Wildman–Crippen LogP) is 1.99. The molecule has 0 unspecified atom stereocenters. The SMILES string of the molecule is Cc1nc(CNCc2ncnn2CC(C)C)cs1. The van der Waals surface area contributed by atoms with Gasteiger partial charge in [0.1, 0.15) is 12.2 Å². The number of nitrogens with one attached hydrogen (secondary N) is 1. The first-order valence-electron chi connectivity index (χ1n) is 6.13. The molecule has 98 valence electrons. The van der Waals surface area contributed by atoms with E-state index in [1.54, 1.807) is 17.7 Å². The third-order valence-electron chi connectivity index (χ3n) is 2.49. The fourth-order valence-corrected chi connectivity index (χ4v) is 2.33. The van der Waals surface area contributed by atoms with Crippen LogP contribution in [-0.2, 0) is 19.6 Å². The average Bonchev–Trinajstić information content (AvgIpc) is 2.88. The third-order valence-corrected chi connectivity index (χ3v) is 3.31. The standard InChI is InChI=1S/C12H19N5S/c1-9(2)6-17-12(14-8-15-17)5-13-4-11-7-18-10(3)16-11/h7-9,13H,4-6H2,1-3H3. The van der Waals surface area contributed by atoms with Crippen LogP contribution in [0.1, 0.15) is 30.4 Å². The van der Waals surface area contributed by atoms with E-state index in [2.05, 4.69) is 39.6 Å². The molecule has 2 rings (SSSR count). The van der Waals surface area contributed by atoms with Crippen molar-refractivity contribution in [2.45, 2.75) is 40.4 Å². The number of rotatable bonds is 6. The molecule has 6 heteroatoms. The molecular formula is C12H19N5S. The van der Waals surface area contributed by atoms with Crippen molar-refractivity contribution in [3.63, 3.8) is 0 Å². The quantitative estimate of drug-likeness (QED) is 0.868. The Morgan fingerprint density at radius 3 is 2.89 bits per heavy atom. The summed E-state index contributed by atoms with van der Waals surface area (Å²) in [5.41, 5.74) is 1.09. The lowest BCUT2D eigenvalue weighted by molar-refractivity contribution is 0.457. The van der Waals surface area contributed by atoms with Crippen molar-refractivity contribution < 1.29 is 0 Å². The van der Waals surface area contributed by atoms with Crippen LogP contribution in [0.15, 0.2) is 11.7 Å². The molecule has 0 spiro atoms. The maximum atomic E-state index is 4.41. The van der Waals surface area contributed by atoms with E-state index >= 15 is 0 Å². The summed E-state index contributed by atoms with van der Waals surface area (Å²) < 4.78 is 1.96. The monoisotopic (exact) mass is 265 g/mol. The minimum Gasteiger partial charge on any atom is -0.304 e. The Kier molecular flexibility index (Phi) is 4.43. The second-order valence-electron chi connectivity index (χ2n) is 4.71. The first kappa shape index (κ1) is 13.2. The van der Waals surface area contributed by atoms with Crippen LogP contribution in [0.4, 0.5) is 0 Å². The molecule has 2 aromatic heterocycles. The van der Waals surface area contributed by atoms with Crippen LogP contribution in [0.3, 0.4) is 0 Å². The molecule has 0 bridgehead atoms. The molecule has 0 fully saturated rings. The summed E-state index contributed by atoms with van der Waals surface area (Å²) in [5, 5.41) is 10.8. The molecule has 0 aliphatic carbocycles. The number of aryl methyl sites for hydroxylation is 1. The van der Waals surface area contributed by atoms with Crippen LogP contribution in [0, 0.1) is 12.8 Å². The van der Waals surface area contributed by atoms with Crippen LogP contribution < -0.4 is 5.32 Å². The second kappa shape index (κ2) is 6.06. The summed E-state index contributed by atoms with van der Waals surface area (Å²) in [5.74, 6) is 1.56. The molecule has 5 nitrogen and oxygen atoms in total. The smallest absolute Gasteiger partial charge is 0.140 e. The van der Waals surface area contributed by atoms with Crippen molar-refractivity contribution in [2.24, 2.45) is 5.92 Å². The van der Waals surface area contributed by atoms with Crippen LogP contribution >= 0.6 is 11.3 Å². The molecule has 0 radical (unpaired) electrons. The Morgan fingerprint density at radius 2 is 2.22 bits per heavy atom. The average molecular weight is 265 g/mol. The van der Waals surface area contributed by atoms with Gasteiger partial charge in [-0.2, -0.15) is 5.10 Å². The molecule has 0 aromatic carbocycles. The van der Waals surface area contributed by atoms with Crippen molar-refractivity contribution >= 4 is 11.3 Å². The van der Waals surface area contributed by atoms with Gasteiger partial charge < -0.3 is 5.32 Å². The highest BCUT2D eigenvalue weighted by Gasteiger charge is 2.06. The van der Waals surface area contributed by atoms with Crippen LogP contribution in [0.2, 0.25) is 0 Å². The lowest BCUT2D eigenvalue weighted by Crippen LogP contribution is -2.18. The molecule has 0 atom stereocenters. The Labute approximate surface area is 111 Å². The highest BCUT2D eigenvalue weighted by molar-refractivity contribution is 7.09. The number of nitrogens with zero attached hydrogens (tertiary/aromatic N) is 4. The van der Waals surface area contributed by atoms with Gasteiger partial charge in [-0.3, -0.25) is 0 Å². The zero-order valence-electron chi connectivity index (χ0n) is 11.1. The van der Waals surface area contributed by atoms with Crippen molar-refractivity contribution in [2.75, 3.05) is 0 Å². The van der Waals surface area contributed by atoms with Gasteiger partial charge in [0, 0.05) is 18.5 Å². The Hall–Kier alpha value is -1.27. The third kappa shape index (κ3) is 3.61. The van der Waals surface area contributed by atoms with Crippen LogP contribution in [0.25, 0.3) is 0 Å². The van der Waals surface area contributed by atoms with E-state index in [0.717, 1.165) is 36.2 Å². The topological polar surface area (TPSA) is 55.6 Å². The Balaban J connectivity index is 1.84. The van der Waals surface area contributed by atoms with E-state index in [9.17, 15) is 0 Å². The number of thiazole rings is 1. The summed E-state index contributed by atoms with van der Waals surface area (Å²) in [4.78, 5) is 8.69. The maximum Gasteiger partial charge on any atom is 0.140 e. The minimum absolute atomic E-state index is 0.576. The van der Waals surface area contributed by atoms with Gasteiger partial charge in [0.2, 0.25) is 0 Å². The first-order valence-corrected chi connectivity index (χ1v) is 7.01. The zero-order valence-corrected chi connectivity index (χ0v) is 11.9. The zero-order chi connectivity index (χ0) is 13.0. The van der Waals surface area contributed by atoms with Gasteiger partial charge in [-0.1, -0.05) is 13.8 Å². The second-order valence-corrected chi connectivity index (χ2v) is 5.78. The summed E-state index contributed by atoms with van der Waals surface area (Å²) in [6, 6.07) is 0. The van der Waals surface area contributed by atoms with Crippen LogP contribution in [-0.4, -0.2) is 19.7 Å². The lowest BCUT2D eigenvalue weighted by Gasteiger charge is -2.08. The molecule has 2 heterocycles. The van der Waals surface area contributed by atoms with E-state index in [4.69, 9.17) is 0 Å². The molecule has 18 heavy (non-hydrogen) atoms. The molecule has 1 N–H and O–H groups in total. The van der Waals surface area contributed by atoms with Crippen LogP contribution in [0.5, 0.6) is 0 Å². The molecule has 0 saturated carbocycles. The van der Waals surface area contributed by atoms with Gasteiger partial charge in [0.15, 0.2) is 0 Å². The molecule has 0 saturated heterocycles. The first-order chi connectivity index (χ1) is 8.65. The molecule has 0 amide bonds. The van der Waals surface area contributed by atoms with Gasteiger partial charge >= 0.3 is 0 Å². The number of hydrogen-bond donors (Lipinski definition) is 1. The fourth-order valence-electron chi connectivity index (χ4n) is 1.72. The normalized spacial score (nSPS) is 11.3. The maximum absolute atomic E-state index is 4.41. The summed E-state index contributed by atoms with van der Waals surface area (Å²) in [7, 11) is 0. The largest absolute Gasteiger partial charge is 0.304 e. The van der Waals surface area contributed by atoms with Gasteiger partial charge in [0.25, 0.3) is 0 Å². The van der Waals surface area contributed by atoms with Gasteiger partial charge in [-0.05, 0) is 12.8 Å². The van der Waals surface area contributed by atoms with Crippen molar-refractivity contribution in [1.82, 2.24) is 25.1 Å². The number of aromatic nitrogens is 4.